The minimum absolute atomic E-state index is 0.0185. The Balaban J connectivity index is 1.41. The summed E-state index contributed by atoms with van der Waals surface area (Å²) >= 11 is 1.37. The molecule has 0 unspecified atom stereocenters. The number of nitro groups is 1. The number of H-pyrrole nitrogens is 1. The van der Waals surface area contributed by atoms with Crippen LogP contribution >= 0.6 is 11.3 Å². The van der Waals surface area contributed by atoms with E-state index < -0.39 is 4.92 Å². The van der Waals surface area contributed by atoms with Gasteiger partial charge in [-0.15, -0.1) is 0 Å². The lowest BCUT2D eigenvalue weighted by Gasteiger charge is -2.02. The lowest BCUT2D eigenvalue weighted by atomic mass is 10.3. The van der Waals surface area contributed by atoms with Crippen LogP contribution in [-0.4, -0.2) is 30.8 Å². The predicted octanol–water partition coefficient (Wildman–Crippen LogP) is 3.23. The van der Waals surface area contributed by atoms with Gasteiger partial charge in [0.05, 0.1) is 11.0 Å². The summed E-state index contributed by atoms with van der Waals surface area (Å²) in [5.74, 6) is 1.21. The van der Waals surface area contributed by atoms with E-state index in [0.717, 1.165) is 29.7 Å². The van der Waals surface area contributed by atoms with Crippen molar-refractivity contribution in [2.24, 2.45) is 0 Å². The van der Waals surface area contributed by atoms with Gasteiger partial charge in [-0.1, -0.05) is 23.5 Å². The number of rotatable bonds is 6. The zero-order valence-corrected chi connectivity index (χ0v) is 13.4. The monoisotopic (exact) mass is 342 g/mol. The van der Waals surface area contributed by atoms with E-state index in [4.69, 9.17) is 0 Å². The molecule has 0 bridgehead atoms. The molecule has 0 atom stereocenters. The van der Waals surface area contributed by atoms with Gasteiger partial charge in [-0.05, 0) is 23.5 Å². The number of aromatic nitrogens is 4. The molecule has 0 fully saturated rings. The maximum absolute atomic E-state index is 11.2. The van der Waals surface area contributed by atoms with Gasteiger partial charge in [0.25, 0.3) is 4.96 Å². The highest BCUT2D eigenvalue weighted by molar-refractivity contribution is 7.15. The second-order valence-electron chi connectivity index (χ2n) is 5.33. The number of thiazole rings is 1. The summed E-state index contributed by atoms with van der Waals surface area (Å²) in [5.41, 5.74) is 1.97. The Morgan fingerprint density at radius 2 is 2.21 bits per heavy atom. The Hall–Kier alpha value is -2.94. The fourth-order valence-electron chi connectivity index (χ4n) is 2.65. The summed E-state index contributed by atoms with van der Waals surface area (Å²) in [7, 11) is 0. The zero-order chi connectivity index (χ0) is 16.5. The quantitative estimate of drug-likeness (QED) is 0.318. The SMILES string of the molecule is O=[N+]([O-])c1c(NCCCc2nc3ccccc3[nH]2)nc2sccn12. The number of fused-ring (bicyclic) bond motifs is 2. The highest BCUT2D eigenvalue weighted by atomic mass is 32.1. The van der Waals surface area contributed by atoms with Gasteiger partial charge >= 0.3 is 5.82 Å². The predicted molar refractivity (Wildman–Crippen MR) is 92.6 cm³/mol. The molecular weight excluding hydrogens is 328 g/mol. The van der Waals surface area contributed by atoms with Crippen molar-refractivity contribution in [2.75, 3.05) is 11.9 Å². The van der Waals surface area contributed by atoms with Crippen LogP contribution in [0.4, 0.5) is 11.6 Å². The van der Waals surface area contributed by atoms with E-state index in [1.165, 1.54) is 15.7 Å². The summed E-state index contributed by atoms with van der Waals surface area (Å²) < 4.78 is 1.49. The van der Waals surface area contributed by atoms with Gasteiger partial charge in [-0.3, -0.25) is 0 Å². The van der Waals surface area contributed by atoms with Crippen molar-refractivity contribution in [3.05, 3.63) is 51.8 Å². The molecule has 9 heteroatoms. The molecule has 0 aliphatic rings. The molecule has 122 valence electrons. The van der Waals surface area contributed by atoms with E-state index in [-0.39, 0.29) is 5.82 Å². The van der Waals surface area contributed by atoms with Gasteiger partial charge in [0, 0.05) is 18.3 Å². The summed E-state index contributed by atoms with van der Waals surface area (Å²) in [6.07, 6.45) is 3.21. The molecule has 1 aromatic carbocycles. The van der Waals surface area contributed by atoms with Gasteiger partial charge in [-0.2, -0.15) is 9.38 Å². The number of nitrogens with zero attached hydrogens (tertiary/aromatic N) is 4. The van der Waals surface area contributed by atoms with Crippen LogP contribution in [0.5, 0.6) is 0 Å². The van der Waals surface area contributed by atoms with E-state index in [0.29, 0.717) is 17.3 Å². The topological polar surface area (TPSA) is 101 Å². The normalized spacial score (nSPS) is 11.3. The lowest BCUT2D eigenvalue weighted by Crippen LogP contribution is -2.06. The number of anilines is 1. The van der Waals surface area contributed by atoms with Crippen LogP contribution in [0.2, 0.25) is 0 Å². The minimum atomic E-state index is -0.408. The van der Waals surface area contributed by atoms with Crippen molar-refractivity contribution in [3.8, 4) is 0 Å². The Labute approximate surface area is 140 Å². The molecule has 4 rings (SSSR count). The molecule has 4 aromatic rings. The van der Waals surface area contributed by atoms with Crippen molar-refractivity contribution >= 4 is 39.0 Å². The third-order valence-corrected chi connectivity index (χ3v) is 4.49. The average Bonchev–Trinajstić information content (AvgIpc) is 3.24. The van der Waals surface area contributed by atoms with Crippen LogP contribution in [0, 0.1) is 10.1 Å². The lowest BCUT2D eigenvalue weighted by molar-refractivity contribution is -0.389. The Bertz CT molecular complexity index is 984. The van der Waals surface area contributed by atoms with Crippen molar-refractivity contribution in [3.63, 3.8) is 0 Å². The molecule has 0 radical (unpaired) electrons. The number of hydrogen-bond donors (Lipinski definition) is 2. The van der Waals surface area contributed by atoms with Crippen LogP contribution in [0.1, 0.15) is 12.2 Å². The zero-order valence-electron chi connectivity index (χ0n) is 12.6. The molecule has 0 spiro atoms. The van der Waals surface area contributed by atoms with Crippen molar-refractivity contribution in [1.29, 1.82) is 0 Å². The van der Waals surface area contributed by atoms with Crippen LogP contribution in [0.15, 0.2) is 35.8 Å². The molecule has 3 aromatic heterocycles. The molecule has 8 nitrogen and oxygen atoms in total. The van der Waals surface area contributed by atoms with Crippen molar-refractivity contribution < 1.29 is 4.92 Å². The van der Waals surface area contributed by atoms with Gasteiger partial charge < -0.3 is 20.4 Å². The molecular formula is C15H14N6O2S. The minimum Gasteiger partial charge on any atom is -0.363 e. The highest BCUT2D eigenvalue weighted by Crippen LogP contribution is 2.27. The van der Waals surface area contributed by atoms with Crippen LogP contribution < -0.4 is 5.32 Å². The molecule has 2 N–H and O–H groups in total. The fourth-order valence-corrected chi connectivity index (χ4v) is 3.36. The second kappa shape index (κ2) is 5.93. The van der Waals surface area contributed by atoms with Crippen LogP contribution in [0.25, 0.3) is 16.0 Å². The maximum atomic E-state index is 11.2. The summed E-state index contributed by atoms with van der Waals surface area (Å²) in [6.45, 7) is 0.586. The summed E-state index contributed by atoms with van der Waals surface area (Å²) in [6, 6.07) is 7.88. The third kappa shape index (κ3) is 2.58. The maximum Gasteiger partial charge on any atom is 0.372 e. The number of para-hydroxylation sites is 2. The van der Waals surface area contributed by atoms with Crippen molar-refractivity contribution in [2.45, 2.75) is 12.8 Å². The highest BCUT2D eigenvalue weighted by Gasteiger charge is 2.23. The van der Waals surface area contributed by atoms with E-state index in [1.54, 1.807) is 11.6 Å². The number of imidazole rings is 2. The van der Waals surface area contributed by atoms with Crippen LogP contribution in [-0.2, 0) is 6.42 Å². The largest absolute Gasteiger partial charge is 0.372 e. The standard InChI is InChI=1S/C15H14N6O2S/c22-21(23)14-13(19-15-20(14)8-9-24-15)16-7-3-6-12-17-10-4-1-2-5-11(10)18-12/h1-2,4-5,8-9,16H,3,6-7H2,(H,17,18). The average molecular weight is 342 g/mol. The van der Waals surface area contributed by atoms with Gasteiger partial charge in [-0.25, -0.2) is 4.98 Å². The molecule has 3 heterocycles. The van der Waals surface area contributed by atoms with E-state index >= 15 is 0 Å². The van der Waals surface area contributed by atoms with Crippen LogP contribution in [0.3, 0.4) is 0 Å². The number of hydrogen-bond acceptors (Lipinski definition) is 6. The number of benzene rings is 1. The first kappa shape index (κ1) is 14.6. The molecule has 0 amide bonds. The Morgan fingerprint density at radius 3 is 3.04 bits per heavy atom. The summed E-state index contributed by atoms with van der Waals surface area (Å²) in [4.78, 5) is 23.5. The molecule has 0 saturated heterocycles. The number of aromatic amines is 1. The van der Waals surface area contributed by atoms with Crippen molar-refractivity contribution in [1.82, 2.24) is 19.4 Å². The van der Waals surface area contributed by atoms with E-state index in [1.807, 2.05) is 24.3 Å². The second-order valence-corrected chi connectivity index (χ2v) is 6.20. The molecule has 0 aliphatic carbocycles. The Morgan fingerprint density at radius 1 is 1.33 bits per heavy atom. The molecule has 0 saturated carbocycles. The smallest absolute Gasteiger partial charge is 0.363 e. The third-order valence-electron chi connectivity index (χ3n) is 3.73. The molecule has 24 heavy (non-hydrogen) atoms. The first-order valence-corrected chi connectivity index (χ1v) is 8.38. The molecule has 0 aliphatic heterocycles. The fraction of sp³-hybridized carbons (Fsp3) is 0.200. The van der Waals surface area contributed by atoms with E-state index in [9.17, 15) is 10.1 Å². The number of nitrogens with one attached hydrogen (secondary N) is 2. The van der Waals surface area contributed by atoms with Gasteiger partial charge in [0.1, 0.15) is 12.0 Å². The first-order chi connectivity index (χ1) is 11.7. The first-order valence-electron chi connectivity index (χ1n) is 7.50. The Kier molecular flexibility index (Phi) is 3.62. The van der Waals surface area contributed by atoms with Gasteiger partial charge in [0.15, 0.2) is 0 Å². The number of aryl methyl sites for hydroxylation is 1. The summed E-state index contributed by atoms with van der Waals surface area (Å²) in [5, 5.41) is 16.1. The van der Waals surface area contributed by atoms with Gasteiger partial charge in [0.2, 0.25) is 5.82 Å². The van der Waals surface area contributed by atoms with E-state index in [2.05, 4.69) is 20.3 Å².